The summed E-state index contributed by atoms with van der Waals surface area (Å²) >= 11 is 3.50. The van der Waals surface area contributed by atoms with Crippen molar-refractivity contribution < 1.29 is 9.59 Å². The predicted octanol–water partition coefficient (Wildman–Crippen LogP) is 6.46. The molecule has 3 aromatic carbocycles. The van der Waals surface area contributed by atoms with Crippen molar-refractivity contribution in [3.05, 3.63) is 129 Å². The van der Waals surface area contributed by atoms with E-state index in [9.17, 15) is 9.59 Å². The lowest BCUT2D eigenvalue weighted by Gasteiger charge is -2.22. The van der Waals surface area contributed by atoms with Crippen LogP contribution in [0.3, 0.4) is 0 Å². The molecule has 0 bridgehead atoms. The molecule has 0 spiro atoms. The lowest BCUT2D eigenvalue weighted by atomic mass is 9.82. The highest BCUT2D eigenvalue weighted by Crippen LogP contribution is 2.35. The van der Waals surface area contributed by atoms with Gasteiger partial charge < -0.3 is 0 Å². The van der Waals surface area contributed by atoms with Crippen molar-refractivity contribution in [3.8, 4) is 0 Å². The summed E-state index contributed by atoms with van der Waals surface area (Å²) in [5.41, 5.74) is 5.14. The molecule has 0 saturated carbocycles. The molecule has 1 unspecified atom stereocenters. The summed E-state index contributed by atoms with van der Waals surface area (Å²) in [6.45, 7) is 0. The Bertz CT molecular complexity index is 1110. The highest BCUT2D eigenvalue weighted by molar-refractivity contribution is 9.10. The minimum atomic E-state index is 0.0429. The van der Waals surface area contributed by atoms with Crippen LogP contribution in [0, 0.1) is 0 Å². The summed E-state index contributed by atoms with van der Waals surface area (Å²) < 4.78 is 1.03. The molecule has 2 nitrogen and oxygen atoms in total. The van der Waals surface area contributed by atoms with E-state index in [0.717, 1.165) is 32.3 Å². The van der Waals surface area contributed by atoms with E-state index in [2.05, 4.69) is 40.2 Å². The summed E-state index contributed by atoms with van der Waals surface area (Å²) in [5.74, 6) is 0.286. The van der Waals surface area contributed by atoms with Gasteiger partial charge in [-0.3, -0.25) is 9.59 Å². The second-order valence-corrected chi connectivity index (χ2v) is 8.32. The Morgan fingerprint density at radius 1 is 0.833 bits per heavy atom. The molecule has 3 aromatic rings. The first kappa shape index (κ1) is 20.2. The minimum absolute atomic E-state index is 0.0429. The second-order valence-electron chi connectivity index (χ2n) is 7.40. The number of hydrogen-bond donors (Lipinski definition) is 0. The SMILES string of the molecule is O=C1C=CC(C(c2ccc(Br)cc2)c2ccc(CC(=O)c3ccccc3)cc2)=CC1. The monoisotopic (exact) mass is 456 g/mol. The Hall–Kier alpha value is -3.04. The van der Waals surface area contributed by atoms with E-state index in [1.165, 1.54) is 0 Å². The van der Waals surface area contributed by atoms with Crippen LogP contribution in [0.5, 0.6) is 0 Å². The van der Waals surface area contributed by atoms with E-state index in [1.807, 2.05) is 66.7 Å². The maximum Gasteiger partial charge on any atom is 0.167 e. The van der Waals surface area contributed by atoms with Gasteiger partial charge in [0, 0.05) is 28.8 Å². The van der Waals surface area contributed by atoms with Gasteiger partial charge in [-0.15, -0.1) is 0 Å². The number of Topliss-reactive ketones (excluding diaryl/α,β-unsaturated/α-hetero) is 1. The molecule has 0 aromatic heterocycles. The van der Waals surface area contributed by atoms with Gasteiger partial charge in [0.25, 0.3) is 0 Å². The Morgan fingerprint density at radius 3 is 2.07 bits per heavy atom. The highest BCUT2D eigenvalue weighted by atomic mass is 79.9. The van der Waals surface area contributed by atoms with Gasteiger partial charge in [0.2, 0.25) is 0 Å². The van der Waals surface area contributed by atoms with Crippen molar-refractivity contribution in [1.82, 2.24) is 0 Å². The highest BCUT2D eigenvalue weighted by Gasteiger charge is 2.20. The smallest absolute Gasteiger partial charge is 0.167 e. The van der Waals surface area contributed by atoms with E-state index < -0.39 is 0 Å². The molecule has 0 radical (unpaired) electrons. The van der Waals surface area contributed by atoms with Crippen molar-refractivity contribution >= 4 is 27.5 Å². The van der Waals surface area contributed by atoms with Crippen molar-refractivity contribution in [2.75, 3.05) is 0 Å². The fourth-order valence-electron chi connectivity index (χ4n) is 3.73. The summed E-state index contributed by atoms with van der Waals surface area (Å²) in [4.78, 5) is 24.2. The van der Waals surface area contributed by atoms with E-state index in [1.54, 1.807) is 6.08 Å². The van der Waals surface area contributed by atoms with Crippen LogP contribution in [-0.4, -0.2) is 11.6 Å². The number of carbonyl (C=O) groups is 2. The van der Waals surface area contributed by atoms with Crippen LogP contribution in [-0.2, 0) is 11.2 Å². The molecule has 0 aliphatic heterocycles. The van der Waals surface area contributed by atoms with Gasteiger partial charge in [0.05, 0.1) is 0 Å². The van der Waals surface area contributed by atoms with Crippen LogP contribution in [0.4, 0.5) is 0 Å². The molecular weight excluding hydrogens is 436 g/mol. The average molecular weight is 457 g/mol. The molecule has 1 aliphatic carbocycles. The van der Waals surface area contributed by atoms with Crippen molar-refractivity contribution in [1.29, 1.82) is 0 Å². The number of rotatable bonds is 6. The minimum Gasteiger partial charge on any atom is -0.295 e. The van der Waals surface area contributed by atoms with Crippen LogP contribution in [0.15, 0.2) is 107 Å². The number of ketones is 2. The van der Waals surface area contributed by atoms with Crippen LogP contribution in [0.1, 0.15) is 39.4 Å². The maximum atomic E-state index is 12.5. The predicted molar refractivity (Wildman–Crippen MR) is 124 cm³/mol. The molecule has 30 heavy (non-hydrogen) atoms. The lowest BCUT2D eigenvalue weighted by molar-refractivity contribution is -0.113. The first-order chi connectivity index (χ1) is 14.6. The zero-order chi connectivity index (χ0) is 20.9. The first-order valence-electron chi connectivity index (χ1n) is 9.93. The Balaban J connectivity index is 1.61. The molecule has 0 amide bonds. The number of carbonyl (C=O) groups excluding carboxylic acids is 2. The quantitative estimate of drug-likeness (QED) is 0.398. The van der Waals surface area contributed by atoms with Gasteiger partial charge in [-0.25, -0.2) is 0 Å². The molecule has 1 atom stereocenters. The largest absolute Gasteiger partial charge is 0.295 e. The summed E-state index contributed by atoms with van der Waals surface area (Å²) in [5, 5.41) is 0. The van der Waals surface area contributed by atoms with Gasteiger partial charge in [-0.1, -0.05) is 94.8 Å². The maximum absolute atomic E-state index is 12.5. The molecule has 0 heterocycles. The standard InChI is InChI=1S/C27H21BrO2/c28-24-14-10-22(11-15-24)27(23-12-16-25(29)17-13-23)21-8-6-19(7-9-21)18-26(30)20-4-2-1-3-5-20/h1-16,27H,17-18H2. The number of benzene rings is 3. The van der Waals surface area contributed by atoms with Gasteiger partial charge in [0.1, 0.15) is 0 Å². The Morgan fingerprint density at radius 2 is 1.47 bits per heavy atom. The fraction of sp³-hybridized carbons (Fsp3) is 0.111. The van der Waals surface area contributed by atoms with E-state index in [-0.39, 0.29) is 17.5 Å². The topological polar surface area (TPSA) is 34.1 Å². The molecular formula is C27H21BrO2. The Labute approximate surface area is 185 Å². The van der Waals surface area contributed by atoms with E-state index >= 15 is 0 Å². The molecule has 1 aliphatic rings. The number of halogens is 1. The first-order valence-corrected chi connectivity index (χ1v) is 10.7. The molecule has 4 rings (SSSR count). The third-order valence-electron chi connectivity index (χ3n) is 5.31. The van der Waals surface area contributed by atoms with Crippen LogP contribution >= 0.6 is 15.9 Å². The molecule has 0 N–H and O–H groups in total. The van der Waals surface area contributed by atoms with Gasteiger partial charge in [-0.2, -0.15) is 0 Å². The van der Waals surface area contributed by atoms with E-state index in [4.69, 9.17) is 0 Å². The normalized spacial score (nSPS) is 14.3. The van der Waals surface area contributed by atoms with E-state index in [0.29, 0.717) is 12.8 Å². The van der Waals surface area contributed by atoms with Crippen molar-refractivity contribution in [2.45, 2.75) is 18.8 Å². The van der Waals surface area contributed by atoms with Crippen LogP contribution in [0.2, 0.25) is 0 Å². The third-order valence-corrected chi connectivity index (χ3v) is 5.84. The summed E-state index contributed by atoms with van der Waals surface area (Å²) in [7, 11) is 0. The second kappa shape index (κ2) is 9.19. The van der Waals surface area contributed by atoms with Gasteiger partial charge in [0.15, 0.2) is 11.6 Å². The molecule has 3 heteroatoms. The third kappa shape index (κ3) is 4.74. The van der Waals surface area contributed by atoms with Gasteiger partial charge in [-0.05, 0) is 40.5 Å². The fourth-order valence-corrected chi connectivity index (χ4v) is 3.99. The van der Waals surface area contributed by atoms with Crippen LogP contribution < -0.4 is 0 Å². The van der Waals surface area contributed by atoms with Crippen molar-refractivity contribution in [2.24, 2.45) is 0 Å². The number of hydrogen-bond acceptors (Lipinski definition) is 2. The van der Waals surface area contributed by atoms with Crippen molar-refractivity contribution in [3.63, 3.8) is 0 Å². The zero-order valence-corrected chi connectivity index (χ0v) is 18.0. The lowest BCUT2D eigenvalue weighted by Crippen LogP contribution is -2.08. The molecule has 0 saturated heterocycles. The zero-order valence-electron chi connectivity index (χ0n) is 16.4. The van der Waals surface area contributed by atoms with Crippen LogP contribution in [0.25, 0.3) is 0 Å². The van der Waals surface area contributed by atoms with Gasteiger partial charge >= 0.3 is 0 Å². The summed E-state index contributed by atoms with van der Waals surface area (Å²) in [6.07, 6.45) is 6.41. The molecule has 148 valence electrons. The summed E-state index contributed by atoms with van der Waals surface area (Å²) in [6, 6.07) is 25.9. The average Bonchev–Trinajstić information content (AvgIpc) is 2.78. The number of allylic oxidation sites excluding steroid dienone is 4. The molecule has 0 fully saturated rings. The Kier molecular flexibility index (Phi) is 6.20.